The van der Waals surface area contributed by atoms with Gasteiger partial charge in [0, 0.05) is 6.54 Å². The summed E-state index contributed by atoms with van der Waals surface area (Å²) in [6.45, 7) is 4.61. The van der Waals surface area contributed by atoms with E-state index in [4.69, 9.17) is 14.2 Å². The van der Waals surface area contributed by atoms with E-state index in [9.17, 15) is 4.79 Å². The summed E-state index contributed by atoms with van der Waals surface area (Å²) in [4.78, 5) is 12.3. The van der Waals surface area contributed by atoms with Gasteiger partial charge >= 0.3 is 0 Å². The van der Waals surface area contributed by atoms with Crippen molar-refractivity contribution in [3.8, 4) is 17.2 Å². The SMILES string of the molecule is CC(C)Oc1ccc(CNC(=O)[C@H]2COc3ccccc3O2)cc1. The van der Waals surface area contributed by atoms with Crippen molar-refractivity contribution in [2.75, 3.05) is 6.61 Å². The van der Waals surface area contributed by atoms with Crippen molar-refractivity contribution < 1.29 is 19.0 Å². The van der Waals surface area contributed by atoms with E-state index in [1.165, 1.54) is 0 Å². The highest BCUT2D eigenvalue weighted by molar-refractivity contribution is 5.81. The van der Waals surface area contributed by atoms with Crippen LogP contribution in [0.15, 0.2) is 48.5 Å². The molecule has 1 aliphatic heterocycles. The van der Waals surface area contributed by atoms with Crippen molar-refractivity contribution in [2.24, 2.45) is 0 Å². The monoisotopic (exact) mass is 327 g/mol. The Labute approximate surface area is 141 Å². The molecule has 5 nitrogen and oxygen atoms in total. The van der Waals surface area contributed by atoms with Crippen LogP contribution in [0.3, 0.4) is 0 Å². The second-order valence-electron chi connectivity index (χ2n) is 5.89. The molecule has 5 heteroatoms. The summed E-state index contributed by atoms with van der Waals surface area (Å²) >= 11 is 0. The maximum absolute atomic E-state index is 12.3. The summed E-state index contributed by atoms with van der Waals surface area (Å²) in [5, 5.41) is 2.87. The van der Waals surface area contributed by atoms with Crippen molar-refractivity contribution in [1.82, 2.24) is 5.32 Å². The third kappa shape index (κ3) is 3.98. The van der Waals surface area contributed by atoms with Crippen molar-refractivity contribution in [3.05, 3.63) is 54.1 Å². The molecule has 2 aromatic carbocycles. The fourth-order valence-electron chi connectivity index (χ4n) is 2.41. The van der Waals surface area contributed by atoms with Gasteiger partial charge in [-0.15, -0.1) is 0 Å². The zero-order chi connectivity index (χ0) is 16.9. The molecule has 1 aliphatic rings. The van der Waals surface area contributed by atoms with E-state index in [0.29, 0.717) is 18.0 Å². The number of nitrogens with one attached hydrogen (secondary N) is 1. The number of rotatable bonds is 5. The zero-order valence-electron chi connectivity index (χ0n) is 13.8. The normalized spacial score (nSPS) is 15.9. The van der Waals surface area contributed by atoms with Crippen molar-refractivity contribution in [2.45, 2.75) is 32.6 Å². The summed E-state index contributed by atoms with van der Waals surface area (Å²) in [6.07, 6.45) is -0.495. The highest BCUT2D eigenvalue weighted by Crippen LogP contribution is 2.30. The minimum atomic E-state index is -0.636. The Hall–Kier alpha value is -2.69. The zero-order valence-corrected chi connectivity index (χ0v) is 13.8. The van der Waals surface area contributed by atoms with E-state index in [-0.39, 0.29) is 18.6 Å². The number of fused-ring (bicyclic) bond motifs is 1. The summed E-state index contributed by atoms with van der Waals surface area (Å²) in [5.41, 5.74) is 0.997. The fourth-order valence-corrected chi connectivity index (χ4v) is 2.41. The predicted molar refractivity (Wildman–Crippen MR) is 90.4 cm³/mol. The minimum Gasteiger partial charge on any atom is -0.491 e. The fraction of sp³-hybridized carbons (Fsp3) is 0.316. The number of para-hydroxylation sites is 2. The van der Waals surface area contributed by atoms with Crippen molar-refractivity contribution in [3.63, 3.8) is 0 Å². The lowest BCUT2D eigenvalue weighted by atomic mass is 10.2. The lowest BCUT2D eigenvalue weighted by molar-refractivity contribution is -0.130. The van der Waals surface area contributed by atoms with Crippen molar-refractivity contribution in [1.29, 1.82) is 0 Å². The van der Waals surface area contributed by atoms with E-state index in [0.717, 1.165) is 11.3 Å². The Morgan fingerprint density at radius 2 is 1.88 bits per heavy atom. The summed E-state index contributed by atoms with van der Waals surface area (Å²) in [7, 11) is 0. The van der Waals surface area contributed by atoms with Gasteiger partial charge in [0.15, 0.2) is 11.5 Å². The van der Waals surface area contributed by atoms with Crippen molar-refractivity contribution >= 4 is 5.91 Å². The molecule has 0 aliphatic carbocycles. The molecule has 0 unspecified atom stereocenters. The Morgan fingerprint density at radius 3 is 2.58 bits per heavy atom. The largest absolute Gasteiger partial charge is 0.491 e. The second kappa shape index (κ2) is 7.25. The van der Waals surface area contributed by atoms with Gasteiger partial charge in [0.05, 0.1) is 6.10 Å². The van der Waals surface area contributed by atoms with E-state index in [1.807, 2.05) is 56.3 Å². The Bertz CT molecular complexity index is 697. The molecule has 3 rings (SSSR count). The van der Waals surface area contributed by atoms with Crippen LogP contribution in [-0.4, -0.2) is 24.7 Å². The maximum Gasteiger partial charge on any atom is 0.264 e. The third-order valence-corrected chi connectivity index (χ3v) is 3.56. The molecule has 2 aromatic rings. The quantitative estimate of drug-likeness (QED) is 0.917. The van der Waals surface area contributed by atoms with E-state index >= 15 is 0 Å². The molecule has 0 saturated carbocycles. The first-order valence-corrected chi connectivity index (χ1v) is 8.03. The molecule has 126 valence electrons. The minimum absolute atomic E-state index is 0.141. The average Bonchev–Trinajstić information content (AvgIpc) is 2.60. The van der Waals surface area contributed by atoms with Crippen LogP contribution in [0.5, 0.6) is 17.2 Å². The standard InChI is InChI=1S/C19H21NO4/c1-13(2)23-15-9-7-14(8-10-15)11-20-19(21)18-12-22-16-5-3-4-6-17(16)24-18/h3-10,13,18H,11-12H2,1-2H3,(H,20,21)/t18-/m1/s1. The first-order chi connectivity index (χ1) is 11.6. The highest BCUT2D eigenvalue weighted by atomic mass is 16.6. The summed E-state index contributed by atoms with van der Waals surface area (Å²) in [6, 6.07) is 15.0. The van der Waals surface area contributed by atoms with Gasteiger partial charge in [-0.1, -0.05) is 24.3 Å². The summed E-state index contributed by atoms with van der Waals surface area (Å²) < 4.78 is 16.8. The van der Waals surface area contributed by atoms with Gasteiger partial charge < -0.3 is 19.5 Å². The molecule has 1 atom stereocenters. The number of amides is 1. The van der Waals surface area contributed by atoms with Crippen LogP contribution in [0.4, 0.5) is 0 Å². The average molecular weight is 327 g/mol. The number of ether oxygens (including phenoxy) is 3. The molecule has 0 bridgehead atoms. The Balaban J connectivity index is 1.53. The van der Waals surface area contributed by atoms with Crippen LogP contribution in [0.25, 0.3) is 0 Å². The molecule has 1 amide bonds. The number of hydrogen-bond acceptors (Lipinski definition) is 4. The summed E-state index contributed by atoms with van der Waals surface area (Å²) in [5.74, 6) is 1.90. The lowest BCUT2D eigenvalue weighted by Crippen LogP contribution is -2.43. The molecule has 0 aromatic heterocycles. The maximum atomic E-state index is 12.3. The molecule has 0 spiro atoms. The molecule has 0 saturated heterocycles. The van der Waals surface area contributed by atoms with Crippen LogP contribution in [0.1, 0.15) is 19.4 Å². The van der Waals surface area contributed by atoms with Gasteiger partial charge in [-0.05, 0) is 43.7 Å². The smallest absolute Gasteiger partial charge is 0.264 e. The van der Waals surface area contributed by atoms with E-state index in [2.05, 4.69) is 5.32 Å². The van der Waals surface area contributed by atoms with Gasteiger partial charge in [0.2, 0.25) is 6.10 Å². The van der Waals surface area contributed by atoms with E-state index < -0.39 is 6.10 Å². The number of benzene rings is 2. The van der Waals surface area contributed by atoms with Gasteiger partial charge in [0.25, 0.3) is 5.91 Å². The molecular weight excluding hydrogens is 306 g/mol. The van der Waals surface area contributed by atoms with Gasteiger partial charge in [0.1, 0.15) is 12.4 Å². The topological polar surface area (TPSA) is 56.8 Å². The van der Waals surface area contributed by atoms with Crippen LogP contribution in [-0.2, 0) is 11.3 Å². The second-order valence-corrected chi connectivity index (χ2v) is 5.89. The number of hydrogen-bond donors (Lipinski definition) is 1. The number of carbonyl (C=O) groups is 1. The highest BCUT2D eigenvalue weighted by Gasteiger charge is 2.26. The first kappa shape index (κ1) is 16.2. The lowest BCUT2D eigenvalue weighted by Gasteiger charge is -2.25. The van der Waals surface area contributed by atoms with Crippen LogP contribution < -0.4 is 19.5 Å². The predicted octanol–water partition coefficient (Wildman–Crippen LogP) is 2.93. The van der Waals surface area contributed by atoms with Gasteiger partial charge in [-0.3, -0.25) is 4.79 Å². The molecule has 24 heavy (non-hydrogen) atoms. The third-order valence-electron chi connectivity index (χ3n) is 3.56. The molecule has 1 N–H and O–H groups in total. The first-order valence-electron chi connectivity index (χ1n) is 8.03. The molecule has 0 radical (unpaired) electrons. The van der Waals surface area contributed by atoms with Gasteiger partial charge in [-0.25, -0.2) is 0 Å². The molecule has 1 heterocycles. The molecule has 0 fully saturated rings. The van der Waals surface area contributed by atoms with Crippen LogP contribution in [0.2, 0.25) is 0 Å². The van der Waals surface area contributed by atoms with Crippen LogP contribution in [0, 0.1) is 0 Å². The Morgan fingerprint density at radius 1 is 1.17 bits per heavy atom. The van der Waals surface area contributed by atoms with Crippen LogP contribution >= 0.6 is 0 Å². The van der Waals surface area contributed by atoms with E-state index in [1.54, 1.807) is 6.07 Å². The number of carbonyl (C=O) groups excluding carboxylic acids is 1. The molecular formula is C19H21NO4. The Kier molecular flexibility index (Phi) is 4.89. The van der Waals surface area contributed by atoms with Gasteiger partial charge in [-0.2, -0.15) is 0 Å².